The van der Waals surface area contributed by atoms with Crippen molar-refractivity contribution in [1.82, 2.24) is 9.97 Å². The van der Waals surface area contributed by atoms with E-state index in [1.807, 2.05) is 36.4 Å². The van der Waals surface area contributed by atoms with Crippen LogP contribution in [0.4, 0.5) is 5.13 Å². The molecule has 158 valence electrons. The Kier molecular flexibility index (Phi) is 5.70. The lowest BCUT2D eigenvalue weighted by Crippen LogP contribution is -2.13. The first-order valence-electron chi connectivity index (χ1n) is 9.32. The van der Waals surface area contributed by atoms with Gasteiger partial charge in [-0.3, -0.25) is 10.1 Å². The molecule has 0 radical (unpaired) electrons. The molecule has 2 heterocycles. The Hall–Kier alpha value is -2.41. The van der Waals surface area contributed by atoms with Crippen LogP contribution < -0.4 is 5.32 Å². The molecule has 0 atom stereocenters. The van der Waals surface area contributed by atoms with Gasteiger partial charge in [-0.05, 0) is 42.5 Å². The van der Waals surface area contributed by atoms with Crippen LogP contribution in [0.15, 0.2) is 60.7 Å². The smallest absolute Gasteiger partial charge is 0.258 e. The molecule has 1 N–H and O–H groups in total. The molecule has 9 heteroatoms. The number of carbonyl (C=O) groups is 1. The zero-order chi connectivity index (χ0) is 22.4. The fourth-order valence-electron chi connectivity index (χ4n) is 3.34. The molecule has 0 spiro atoms. The number of benzene rings is 3. The number of amides is 1. The second-order valence-corrected chi connectivity index (χ2v) is 9.51. The van der Waals surface area contributed by atoms with Gasteiger partial charge in [0.15, 0.2) is 5.13 Å². The topological polar surface area (TPSA) is 54.9 Å². The number of para-hydroxylation sites is 1. The van der Waals surface area contributed by atoms with Gasteiger partial charge in [0.25, 0.3) is 5.91 Å². The molecule has 0 saturated carbocycles. The van der Waals surface area contributed by atoms with Crippen molar-refractivity contribution in [3.8, 4) is 11.3 Å². The fraction of sp³-hybridized carbons (Fsp3) is 0. The number of fused-ring (bicyclic) bond motifs is 2. The van der Waals surface area contributed by atoms with Crippen LogP contribution in [0.3, 0.4) is 0 Å². The molecule has 1 amide bonds. The Bertz CT molecular complexity index is 1530. The van der Waals surface area contributed by atoms with Gasteiger partial charge in [0.1, 0.15) is 0 Å². The van der Waals surface area contributed by atoms with Gasteiger partial charge in [-0.2, -0.15) is 0 Å². The monoisotopic (exact) mass is 517 g/mol. The normalized spacial score (nSPS) is 11.2. The Labute approximate surface area is 206 Å². The maximum atomic E-state index is 13.3. The first-order valence-corrected chi connectivity index (χ1v) is 11.6. The summed E-state index contributed by atoms with van der Waals surface area (Å²) in [7, 11) is 0. The van der Waals surface area contributed by atoms with E-state index in [9.17, 15) is 4.79 Å². The molecule has 0 aliphatic carbocycles. The fourth-order valence-corrected chi connectivity index (χ4v) is 5.11. The summed E-state index contributed by atoms with van der Waals surface area (Å²) < 4.78 is 0.885. The highest BCUT2D eigenvalue weighted by atomic mass is 35.5. The van der Waals surface area contributed by atoms with Crippen molar-refractivity contribution < 1.29 is 4.79 Å². The van der Waals surface area contributed by atoms with E-state index < -0.39 is 0 Å². The van der Waals surface area contributed by atoms with Crippen molar-refractivity contribution in [3.05, 3.63) is 86.3 Å². The van der Waals surface area contributed by atoms with E-state index in [0.29, 0.717) is 42.9 Å². The molecule has 0 aliphatic rings. The number of nitrogens with zero attached hydrogens (tertiary/aromatic N) is 2. The van der Waals surface area contributed by atoms with E-state index in [4.69, 9.17) is 46.4 Å². The second kappa shape index (κ2) is 8.50. The third kappa shape index (κ3) is 3.91. The van der Waals surface area contributed by atoms with Gasteiger partial charge in [0.05, 0.1) is 42.1 Å². The first kappa shape index (κ1) is 21.4. The summed E-state index contributed by atoms with van der Waals surface area (Å²) in [4.78, 5) is 22.4. The Balaban J connectivity index is 1.61. The lowest BCUT2D eigenvalue weighted by Gasteiger charge is -2.11. The quantitative estimate of drug-likeness (QED) is 0.244. The molecule has 3 aromatic carbocycles. The molecule has 0 aliphatic heterocycles. The predicted molar refractivity (Wildman–Crippen MR) is 135 cm³/mol. The Morgan fingerprint density at radius 2 is 1.66 bits per heavy atom. The van der Waals surface area contributed by atoms with E-state index in [2.05, 4.69) is 15.3 Å². The third-order valence-corrected chi connectivity index (χ3v) is 7.31. The van der Waals surface area contributed by atoms with Crippen LogP contribution in [0.2, 0.25) is 20.1 Å². The minimum absolute atomic E-state index is 0.236. The number of hydrogen-bond donors (Lipinski definition) is 1. The van der Waals surface area contributed by atoms with E-state index in [-0.39, 0.29) is 16.0 Å². The molecule has 0 unspecified atom stereocenters. The summed E-state index contributed by atoms with van der Waals surface area (Å²) in [6, 6.07) is 17.8. The standard InChI is InChI=1S/C23H11Cl4N3OS/c24-11-5-8-17-19(9-11)32-23(29-17)30-22(31)14-10-18(28-16-4-2-1-3-12(14)16)13-6-7-15(25)21(27)20(13)26/h1-10H,(H,29,30,31). The van der Waals surface area contributed by atoms with Crippen molar-refractivity contribution in [2.75, 3.05) is 5.32 Å². The number of pyridine rings is 1. The van der Waals surface area contributed by atoms with Crippen LogP contribution >= 0.6 is 57.7 Å². The zero-order valence-corrected chi connectivity index (χ0v) is 19.8. The zero-order valence-electron chi connectivity index (χ0n) is 16.0. The van der Waals surface area contributed by atoms with E-state index in [0.717, 1.165) is 10.2 Å². The van der Waals surface area contributed by atoms with E-state index in [1.165, 1.54) is 11.3 Å². The summed E-state index contributed by atoms with van der Waals surface area (Å²) in [5.74, 6) is -0.314. The van der Waals surface area contributed by atoms with Crippen LogP contribution in [0, 0.1) is 0 Å². The SMILES string of the molecule is O=C(Nc1nc2ccc(Cl)cc2s1)c1cc(-c2ccc(Cl)c(Cl)c2Cl)nc2ccccc12. The third-order valence-electron chi connectivity index (χ3n) is 4.84. The van der Waals surface area contributed by atoms with Crippen LogP contribution in [-0.4, -0.2) is 15.9 Å². The first-order chi connectivity index (χ1) is 15.4. The molecule has 2 aromatic heterocycles. The van der Waals surface area contributed by atoms with Gasteiger partial charge in [-0.15, -0.1) is 0 Å². The number of hydrogen-bond acceptors (Lipinski definition) is 4. The number of carbonyl (C=O) groups excluding carboxylic acids is 1. The molecular weight excluding hydrogens is 508 g/mol. The van der Waals surface area contributed by atoms with Gasteiger partial charge in [0.2, 0.25) is 0 Å². The summed E-state index contributed by atoms with van der Waals surface area (Å²) in [6.45, 7) is 0. The summed E-state index contributed by atoms with van der Waals surface area (Å²) in [5, 5.41) is 5.53. The van der Waals surface area contributed by atoms with Crippen LogP contribution in [0.5, 0.6) is 0 Å². The van der Waals surface area contributed by atoms with E-state index >= 15 is 0 Å². The number of aromatic nitrogens is 2. The molecule has 5 rings (SSSR count). The molecule has 0 fully saturated rings. The van der Waals surface area contributed by atoms with Gasteiger partial charge < -0.3 is 0 Å². The molecule has 5 aromatic rings. The molecule has 0 bridgehead atoms. The van der Waals surface area contributed by atoms with Crippen LogP contribution in [0.25, 0.3) is 32.4 Å². The molecule has 4 nitrogen and oxygen atoms in total. The Morgan fingerprint density at radius 1 is 0.844 bits per heavy atom. The minimum atomic E-state index is -0.314. The van der Waals surface area contributed by atoms with Crippen LogP contribution in [0.1, 0.15) is 10.4 Å². The number of thiazole rings is 1. The lowest BCUT2D eigenvalue weighted by atomic mass is 10.0. The number of nitrogens with one attached hydrogen (secondary N) is 1. The van der Waals surface area contributed by atoms with Gasteiger partial charge in [-0.25, -0.2) is 9.97 Å². The van der Waals surface area contributed by atoms with Gasteiger partial charge >= 0.3 is 0 Å². The molecule has 0 saturated heterocycles. The van der Waals surface area contributed by atoms with Crippen molar-refractivity contribution in [2.45, 2.75) is 0 Å². The average Bonchev–Trinajstić information content (AvgIpc) is 3.18. The Morgan fingerprint density at radius 3 is 2.50 bits per heavy atom. The van der Waals surface area contributed by atoms with Crippen LogP contribution in [-0.2, 0) is 0 Å². The lowest BCUT2D eigenvalue weighted by molar-refractivity contribution is 0.102. The summed E-state index contributed by atoms with van der Waals surface area (Å²) in [6.07, 6.45) is 0. The maximum absolute atomic E-state index is 13.3. The van der Waals surface area contributed by atoms with Gasteiger partial charge in [0, 0.05) is 16.0 Å². The van der Waals surface area contributed by atoms with Crippen molar-refractivity contribution in [2.24, 2.45) is 0 Å². The highest BCUT2D eigenvalue weighted by Crippen LogP contribution is 2.38. The van der Waals surface area contributed by atoms with Gasteiger partial charge in [-0.1, -0.05) is 75.9 Å². The average molecular weight is 519 g/mol. The molecular formula is C23H11Cl4N3OS. The number of halogens is 4. The second-order valence-electron chi connectivity index (χ2n) is 6.88. The molecule has 32 heavy (non-hydrogen) atoms. The highest BCUT2D eigenvalue weighted by Gasteiger charge is 2.18. The largest absolute Gasteiger partial charge is 0.298 e. The van der Waals surface area contributed by atoms with Crippen molar-refractivity contribution in [1.29, 1.82) is 0 Å². The van der Waals surface area contributed by atoms with Crippen molar-refractivity contribution >= 4 is 89.9 Å². The number of anilines is 1. The summed E-state index contributed by atoms with van der Waals surface area (Å²) in [5.41, 5.74) is 2.93. The maximum Gasteiger partial charge on any atom is 0.258 e. The van der Waals surface area contributed by atoms with E-state index in [1.54, 1.807) is 24.3 Å². The minimum Gasteiger partial charge on any atom is -0.298 e. The van der Waals surface area contributed by atoms with Crippen molar-refractivity contribution in [3.63, 3.8) is 0 Å². The number of rotatable bonds is 3. The predicted octanol–water partition coefficient (Wildman–Crippen LogP) is 8.38. The highest BCUT2D eigenvalue weighted by molar-refractivity contribution is 7.22. The summed E-state index contributed by atoms with van der Waals surface area (Å²) >= 11 is 26.1.